The first-order valence-electron chi connectivity index (χ1n) is 8.57. The molecule has 1 aliphatic rings. The molecule has 0 aliphatic heterocycles. The summed E-state index contributed by atoms with van der Waals surface area (Å²) in [7, 11) is 0. The van der Waals surface area contributed by atoms with Crippen LogP contribution in [0.3, 0.4) is 0 Å². The minimum Gasteiger partial charge on any atom is -0.313 e. The number of hydrogen-bond acceptors (Lipinski definition) is 2. The van der Waals surface area contributed by atoms with Crippen molar-refractivity contribution in [2.24, 2.45) is 17.8 Å². The van der Waals surface area contributed by atoms with E-state index in [1.807, 2.05) is 11.3 Å². The fraction of sp³-hybridized carbons (Fsp3) is 0.778. The summed E-state index contributed by atoms with van der Waals surface area (Å²) < 4.78 is 1.26. The van der Waals surface area contributed by atoms with E-state index >= 15 is 0 Å². The maximum Gasteiger partial charge on any atom is 0.0701 e. The lowest BCUT2D eigenvalue weighted by atomic mass is 9.74. The van der Waals surface area contributed by atoms with Crippen LogP contribution in [0.5, 0.6) is 0 Å². The monoisotopic (exact) mass is 371 g/mol. The van der Waals surface area contributed by atoms with Crippen molar-refractivity contribution in [1.29, 1.82) is 0 Å². The van der Waals surface area contributed by atoms with E-state index in [1.54, 1.807) is 0 Å². The first-order chi connectivity index (χ1) is 10.1. The van der Waals surface area contributed by atoms with E-state index in [-0.39, 0.29) is 0 Å². The Hall–Kier alpha value is 0.140. The zero-order valence-corrected chi connectivity index (χ0v) is 16.1. The van der Waals surface area contributed by atoms with Crippen LogP contribution in [-0.4, -0.2) is 12.6 Å². The van der Waals surface area contributed by atoms with E-state index in [9.17, 15) is 0 Å². The molecule has 1 saturated carbocycles. The minimum atomic E-state index is 0.670. The van der Waals surface area contributed by atoms with Crippen LogP contribution in [0.2, 0.25) is 0 Å². The molecule has 1 aromatic rings. The average Bonchev–Trinajstić information content (AvgIpc) is 2.89. The highest BCUT2D eigenvalue weighted by molar-refractivity contribution is 9.11. The lowest BCUT2D eigenvalue weighted by Crippen LogP contribution is -2.40. The maximum absolute atomic E-state index is 3.83. The summed E-state index contributed by atoms with van der Waals surface area (Å²) in [6.45, 7) is 8.20. The summed E-state index contributed by atoms with van der Waals surface area (Å²) >= 11 is 5.49. The third kappa shape index (κ3) is 5.37. The molecule has 1 N–H and O–H groups in total. The Morgan fingerprint density at radius 2 is 1.86 bits per heavy atom. The highest BCUT2D eigenvalue weighted by Gasteiger charge is 2.28. The van der Waals surface area contributed by atoms with Crippen LogP contribution in [0.4, 0.5) is 0 Å². The van der Waals surface area contributed by atoms with Crippen molar-refractivity contribution in [3.05, 3.63) is 20.8 Å². The Kier molecular flexibility index (Phi) is 7.24. The van der Waals surface area contributed by atoms with Crippen LogP contribution < -0.4 is 5.32 Å². The summed E-state index contributed by atoms with van der Waals surface area (Å²) in [5.41, 5.74) is 0. The maximum atomic E-state index is 3.83. The lowest BCUT2D eigenvalue weighted by molar-refractivity contribution is 0.188. The zero-order valence-electron chi connectivity index (χ0n) is 13.7. The van der Waals surface area contributed by atoms with Gasteiger partial charge in [-0.15, -0.1) is 11.3 Å². The molecule has 0 bridgehead atoms. The van der Waals surface area contributed by atoms with Gasteiger partial charge >= 0.3 is 0 Å². The second kappa shape index (κ2) is 8.69. The first kappa shape index (κ1) is 17.5. The smallest absolute Gasteiger partial charge is 0.0701 e. The van der Waals surface area contributed by atoms with Crippen molar-refractivity contribution in [2.45, 2.75) is 65.3 Å². The van der Waals surface area contributed by atoms with Crippen molar-refractivity contribution in [3.8, 4) is 0 Å². The number of rotatable bonds is 7. The summed E-state index contributed by atoms with van der Waals surface area (Å²) in [5.74, 6) is 2.69. The van der Waals surface area contributed by atoms with Gasteiger partial charge in [-0.2, -0.15) is 0 Å². The van der Waals surface area contributed by atoms with E-state index in [1.165, 1.54) is 47.2 Å². The average molecular weight is 372 g/mol. The molecule has 0 saturated heterocycles. The molecule has 2 rings (SSSR count). The molecule has 1 unspecified atom stereocenters. The van der Waals surface area contributed by atoms with Crippen LogP contribution in [0, 0.1) is 17.8 Å². The van der Waals surface area contributed by atoms with E-state index < -0.39 is 0 Å². The Morgan fingerprint density at radius 1 is 1.19 bits per heavy atom. The summed E-state index contributed by atoms with van der Waals surface area (Å²) in [6.07, 6.45) is 8.12. The first-order valence-corrected chi connectivity index (χ1v) is 10.2. The molecule has 120 valence electrons. The van der Waals surface area contributed by atoms with Gasteiger partial charge in [0, 0.05) is 10.9 Å². The second-order valence-corrected chi connectivity index (χ2v) is 9.44. The van der Waals surface area contributed by atoms with Crippen LogP contribution in [0.15, 0.2) is 15.9 Å². The van der Waals surface area contributed by atoms with Crippen molar-refractivity contribution in [1.82, 2.24) is 5.32 Å². The molecule has 0 radical (unpaired) electrons. The van der Waals surface area contributed by atoms with E-state index in [0.29, 0.717) is 6.04 Å². The normalized spacial score (nSPS) is 24.4. The van der Waals surface area contributed by atoms with E-state index in [4.69, 9.17) is 0 Å². The standard InChI is InChI=1S/C18H30BrNS/c1-4-11-20-17(12-16-9-10-18(19)21-16)15-7-5-14(6-8-15)13(2)3/h9-10,13-15,17,20H,4-8,11-12H2,1-3H3. The number of halogens is 1. The van der Waals surface area contributed by atoms with Crippen LogP contribution in [0.1, 0.15) is 57.8 Å². The lowest BCUT2D eigenvalue weighted by Gasteiger charge is -2.36. The Balaban J connectivity index is 1.93. The molecule has 0 spiro atoms. The van der Waals surface area contributed by atoms with E-state index in [2.05, 4.69) is 54.2 Å². The summed E-state index contributed by atoms with van der Waals surface area (Å²) in [4.78, 5) is 1.52. The second-order valence-electron chi connectivity index (χ2n) is 6.89. The Bertz CT molecular complexity index is 407. The molecule has 0 aromatic carbocycles. The van der Waals surface area contributed by atoms with Gasteiger partial charge in [0.15, 0.2) is 0 Å². The Labute approximate surface area is 143 Å². The van der Waals surface area contributed by atoms with Gasteiger partial charge < -0.3 is 5.32 Å². The van der Waals surface area contributed by atoms with Gasteiger partial charge in [-0.05, 0) is 90.9 Å². The number of hydrogen-bond donors (Lipinski definition) is 1. The largest absolute Gasteiger partial charge is 0.313 e. The minimum absolute atomic E-state index is 0.670. The predicted molar refractivity (Wildman–Crippen MR) is 98.1 cm³/mol. The predicted octanol–water partition coefficient (Wildman–Crippen LogP) is 5.88. The fourth-order valence-corrected chi connectivity index (χ4v) is 5.17. The van der Waals surface area contributed by atoms with Gasteiger partial charge in [-0.1, -0.05) is 20.8 Å². The molecule has 1 atom stereocenters. The number of nitrogens with one attached hydrogen (secondary N) is 1. The summed E-state index contributed by atoms with van der Waals surface area (Å²) in [6, 6.07) is 5.14. The highest BCUT2D eigenvalue weighted by Crippen LogP contribution is 2.36. The van der Waals surface area contributed by atoms with Crippen LogP contribution in [0.25, 0.3) is 0 Å². The molecule has 3 heteroatoms. The van der Waals surface area contributed by atoms with Crippen LogP contribution >= 0.6 is 27.3 Å². The highest BCUT2D eigenvalue weighted by atomic mass is 79.9. The molecular weight excluding hydrogens is 342 g/mol. The van der Waals surface area contributed by atoms with Gasteiger partial charge in [-0.3, -0.25) is 0 Å². The van der Waals surface area contributed by atoms with Crippen molar-refractivity contribution < 1.29 is 0 Å². The van der Waals surface area contributed by atoms with Gasteiger partial charge in [0.1, 0.15) is 0 Å². The van der Waals surface area contributed by atoms with Gasteiger partial charge in [0.05, 0.1) is 3.79 Å². The van der Waals surface area contributed by atoms with Crippen LogP contribution in [-0.2, 0) is 6.42 Å². The van der Waals surface area contributed by atoms with E-state index in [0.717, 1.165) is 24.3 Å². The van der Waals surface area contributed by atoms with Crippen molar-refractivity contribution in [2.75, 3.05) is 6.54 Å². The topological polar surface area (TPSA) is 12.0 Å². The Morgan fingerprint density at radius 3 is 2.38 bits per heavy atom. The molecule has 1 heterocycles. The molecule has 1 aliphatic carbocycles. The van der Waals surface area contributed by atoms with Gasteiger partial charge in [-0.25, -0.2) is 0 Å². The third-order valence-corrected chi connectivity index (χ3v) is 6.68. The molecule has 0 amide bonds. The molecule has 1 aromatic heterocycles. The van der Waals surface area contributed by atoms with Gasteiger partial charge in [0.2, 0.25) is 0 Å². The molecular formula is C18H30BrNS. The zero-order chi connectivity index (χ0) is 15.2. The fourth-order valence-electron chi connectivity index (χ4n) is 3.63. The molecule has 1 nitrogen and oxygen atoms in total. The van der Waals surface area contributed by atoms with Crippen molar-refractivity contribution in [3.63, 3.8) is 0 Å². The third-order valence-electron chi connectivity index (χ3n) is 5.03. The molecule has 21 heavy (non-hydrogen) atoms. The van der Waals surface area contributed by atoms with Gasteiger partial charge in [0.25, 0.3) is 0 Å². The quantitative estimate of drug-likeness (QED) is 0.630. The summed E-state index contributed by atoms with van der Waals surface area (Å²) in [5, 5.41) is 3.83. The SMILES string of the molecule is CCCNC(Cc1ccc(Br)s1)C1CCC(C(C)C)CC1. The number of thiophene rings is 1. The van der Waals surface area contributed by atoms with Crippen molar-refractivity contribution >= 4 is 27.3 Å². The molecule has 1 fully saturated rings.